The van der Waals surface area contributed by atoms with Gasteiger partial charge in [0.25, 0.3) is 0 Å². The molecular weight excluding hydrogens is 222 g/mol. The first kappa shape index (κ1) is 10.8. The van der Waals surface area contributed by atoms with Crippen LogP contribution in [0.1, 0.15) is 5.69 Å². The van der Waals surface area contributed by atoms with Gasteiger partial charge in [0.05, 0.1) is 5.69 Å². The maximum absolute atomic E-state index is 5.36. The summed E-state index contributed by atoms with van der Waals surface area (Å²) in [7, 11) is 0. The number of rotatable bonds is 2. The molecule has 3 rings (SSSR count). The van der Waals surface area contributed by atoms with Crippen LogP contribution in [-0.4, -0.2) is 5.16 Å². The number of benzene rings is 2. The third-order valence-corrected chi connectivity index (χ3v) is 2.91. The smallest absolute Gasteiger partial charge is 0.167 e. The van der Waals surface area contributed by atoms with Crippen LogP contribution in [0.4, 0.5) is 0 Å². The van der Waals surface area contributed by atoms with E-state index in [1.54, 1.807) is 0 Å². The second kappa shape index (κ2) is 4.49. The van der Waals surface area contributed by atoms with Gasteiger partial charge in [-0.2, -0.15) is 0 Å². The van der Waals surface area contributed by atoms with Crippen LogP contribution >= 0.6 is 0 Å². The molecule has 0 fully saturated rings. The minimum absolute atomic E-state index is 0.812. The second-order valence-corrected chi connectivity index (χ2v) is 4.24. The monoisotopic (exact) mass is 235 g/mol. The van der Waals surface area contributed by atoms with Crippen LogP contribution < -0.4 is 0 Å². The van der Waals surface area contributed by atoms with Crippen molar-refractivity contribution in [3.05, 3.63) is 66.4 Å². The van der Waals surface area contributed by atoms with Gasteiger partial charge in [0.15, 0.2) is 5.76 Å². The third-order valence-electron chi connectivity index (χ3n) is 2.91. The summed E-state index contributed by atoms with van der Waals surface area (Å²) in [5.74, 6) is 0.812. The highest BCUT2D eigenvalue weighted by atomic mass is 16.5. The van der Waals surface area contributed by atoms with Gasteiger partial charge in [-0.25, -0.2) is 0 Å². The summed E-state index contributed by atoms with van der Waals surface area (Å²) < 4.78 is 5.36. The number of aryl methyl sites for hydroxylation is 1. The summed E-state index contributed by atoms with van der Waals surface area (Å²) >= 11 is 0. The zero-order valence-corrected chi connectivity index (χ0v) is 10.1. The van der Waals surface area contributed by atoms with Gasteiger partial charge >= 0.3 is 0 Å². The zero-order valence-electron chi connectivity index (χ0n) is 10.1. The summed E-state index contributed by atoms with van der Waals surface area (Å²) in [6.45, 7) is 1.93. The Morgan fingerprint density at radius 3 is 2.17 bits per heavy atom. The van der Waals surface area contributed by atoms with Crippen LogP contribution in [-0.2, 0) is 0 Å². The Labute approximate surface area is 106 Å². The van der Waals surface area contributed by atoms with Gasteiger partial charge in [-0.05, 0) is 18.1 Å². The fourth-order valence-corrected chi connectivity index (χ4v) is 2.06. The van der Waals surface area contributed by atoms with Crippen LogP contribution in [0, 0.1) is 6.92 Å². The molecule has 0 saturated heterocycles. The normalized spacial score (nSPS) is 10.5. The standard InChI is InChI=1S/C16H13NO/c1-12-11-16(18-17-12)15-10-6-5-9-14(15)13-7-3-2-4-8-13/h2-11H,1H3. The first-order chi connectivity index (χ1) is 8.84. The predicted octanol–water partition coefficient (Wildman–Crippen LogP) is 4.32. The number of nitrogens with zero attached hydrogens (tertiary/aromatic N) is 1. The second-order valence-electron chi connectivity index (χ2n) is 4.24. The van der Waals surface area contributed by atoms with Crippen molar-refractivity contribution >= 4 is 0 Å². The van der Waals surface area contributed by atoms with Gasteiger partial charge in [0.1, 0.15) is 0 Å². The number of hydrogen-bond acceptors (Lipinski definition) is 2. The Balaban J connectivity index is 2.17. The topological polar surface area (TPSA) is 26.0 Å². The average Bonchev–Trinajstić information content (AvgIpc) is 2.86. The van der Waals surface area contributed by atoms with Crippen molar-refractivity contribution in [3.8, 4) is 22.5 Å². The number of hydrogen-bond donors (Lipinski definition) is 0. The summed E-state index contributed by atoms with van der Waals surface area (Å²) in [6, 6.07) is 20.5. The Hall–Kier alpha value is -2.35. The minimum Gasteiger partial charge on any atom is -0.356 e. The molecule has 0 N–H and O–H groups in total. The lowest BCUT2D eigenvalue weighted by Gasteiger charge is -2.06. The number of aromatic nitrogens is 1. The molecule has 0 spiro atoms. The largest absolute Gasteiger partial charge is 0.356 e. The molecule has 88 valence electrons. The quantitative estimate of drug-likeness (QED) is 0.661. The van der Waals surface area contributed by atoms with E-state index in [1.165, 1.54) is 5.56 Å². The zero-order chi connectivity index (χ0) is 12.4. The van der Waals surface area contributed by atoms with Gasteiger partial charge in [-0.1, -0.05) is 59.8 Å². The average molecular weight is 235 g/mol. The van der Waals surface area contributed by atoms with Gasteiger partial charge < -0.3 is 4.52 Å². The van der Waals surface area contributed by atoms with Crippen molar-refractivity contribution in [2.45, 2.75) is 6.92 Å². The van der Waals surface area contributed by atoms with Crippen LogP contribution in [0.3, 0.4) is 0 Å². The third kappa shape index (κ3) is 1.93. The summed E-state index contributed by atoms with van der Waals surface area (Å²) in [6.07, 6.45) is 0. The molecular formula is C16H13NO. The molecule has 1 aromatic heterocycles. The predicted molar refractivity (Wildman–Crippen MR) is 72.1 cm³/mol. The molecule has 0 aliphatic heterocycles. The van der Waals surface area contributed by atoms with E-state index in [-0.39, 0.29) is 0 Å². The molecule has 0 aliphatic rings. The summed E-state index contributed by atoms with van der Waals surface area (Å²) in [5, 5.41) is 3.95. The summed E-state index contributed by atoms with van der Waals surface area (Å²) in [4.78, 5) is 0. The molecule has 0 amide bonds. The first-order valence-corrected chi connectivity index (χ1v) is 5.93. The molecule has 0 unspecified atom stereocenters. The molecule has 3 aromatic rings. The lowest BCUT2D eigenvalue weighted by atomic mass is 9.98. The van der Waals surface area contributed by atoms with Crippen LogP contribution in [0.5, 0.6) is 0 Å². The first-order valence-electron chi connectivity index (χ1n) is 5.93. The van der Waals surface area contributed by atoms with Crippen molar-refractivity contribution in [1.29, 1.82) is 0 Å². The van der Waals surface area contributed by atoms with Gasteiger partial charge in [-0.15, -0.1) is 0 Å². The molecule has 0 saturated carbocycles. The Kier molecular flexibility index (Phi) is 2.69. The Bertz CT molecular complexity index is 656. The van der Waals surface area contributed by atoms with Crippen molar-refractivity contribution in [2.24, 2.45) is 0 Å². The highest BCUT2D eigenvalue weighted by Crippen LogP contribution is 2.31. The van der Waals surface area contributed by atoms with E-state index < -0.39 is 0 Å². The Morgan fingerprint density at radius 1 is 0.833 bits per heavy atom. The van der Waals surface area contributed by atoms with E-state index in [2.05, 4.69) is 29.4 Å². The van der Waals surface area contributed by atoms with Crippen LogP contribution in [0.25, 0.3) is 22.5 Å². The molecule has 0 radical (unpaired) electrons. The molecule has 1 heterocycles. The fourth-order valence-electron chi connectivity index (χ4n) is 2.06. The lowest BCUT2D eigenvalue weighted by molar-refractivity contribution is 0.427. The van der Waals surface area contributed by atoms with E-state index >= 15 is 0 Å². The highest BCUT2D eigenvalue weighted by molar-refractivity contribution is 5.81. The van der Waals surface area contributed by atoms with E-state index in [4.69, 9.17) is 4.52 Å². The molecule has 2 nitrogen and oxygen atoms in total. The maximum atomic E-state index is 5.36. The highest BCUT2D eigenvalue weighted by Gasteiger charge is 2.10. The molecule has 2 heteroatoms. The molecule has 0 atom stereocenters. The van der Waals surface area contributed by atoms with Crippen molar-refractivity contribution in [3.63, 3.8) is 0 Å². The fraction of sp³-hybridized carbons (Fsp3) is 0.0625. The van der Waals surface area contributed by atoms with E-state index in [0.29, 0.717) is 0 Å². The van der Waals surface area contributed by atoms with Crippen LogP contribution in [0.2, 0.25) is 0 Å². The lowest BCUT2D eigenvalue weighted by Crippen LogP contribution is -1.82. The van der Waals surface area contributed by atoms with Crippen molar-refractivity contribution in [1.82, 2.24) is 5.16 Å². The van der Waals surface area contributed by atoms with Crippen LogP contribution in [0.15, 0.2) is 65.2 Å². The Morgan fingerprint density at radius 2 is 1.50 bits per heavy atom. The SMILES string of the molecule is Cc1cc(-c2ccccc2-c2ccccc2)on1. The van der Waals surface area contributed by atoms with E-state index in [1.807, 2.05) is 43.3 Å². The minimum atomic E-state index is 0.812. The van der Waals surface area contributed by atoms with E-state index in [0.717, 1.165) is 22.6 Å². The molecule has 2 aromatic carbocycles. The molecule has 0 bridgehead atoms. The van der Waals surface area contributed by atoms with Crippen molar-refractivity contribution < 1.29 is 4.52 Å². The van der Waals surface area contributed by atoms with Crippen molar-refractivity contribution in [2.75, 3.05) is 0 Å². The summed E-state index contributed by atoms with van der Waals surface area (Å²) in [5.41, 5.74) is 4.31. The van der Waals surface area contributed by atoms with Gasteiger partial charge in [0.2, 0.25) is 0 Å². The molecule has 0 aliphatic carbocycles. The van der Waals surface area contributed by atoms with Gasteiger partial charge in [-0.3, -0.25) is 0 Å². The van der Waals surface area contributed by atoms with E-state index in [9.17, 15) is 0 Å². The molecule has 18 heavy (non-hydrogen) atoms. The maximum Gasteiger partial charge on any atom is 0.167 e. The van der Waals surface area contributed by atoms with Gasteiger partial charge in [0, 0.05) is 11.6 Å².